The summed E-state index contributed by atoms with van der Waals surface area (Å²) in [5, 5.41) is 2.18. The molecule has 0 radical (unpaired) electrons. The Morgan fingerprint density at radius 2 is 1.96 bits per heavy atom. The number of methoxy groups -OCH3 is 2. The molecule has 1 N–H and O–H groups in total. The van der Waals surface area contributed by atoms with Gasteiger partial charge in [-0.3, -0.25) is 19.3 Å². The Labute approximate surface area is 164 Å². The summed E-state index contributed by atoms with van der Waals surface area (Å²) >= 11 is 4.18. The standard InChI is InChI=1S/C17H19BrN2O5S/c1-4-5-19-15(21)9-20-16(22)14(26-17(20)23)7-10-6-11(18)13(25-3)8-12(10)24-2/h6-8H,4-5,9H2,1-3H3,(H,19,21)/b14-7-. The van der Waals surface area contributed by atoms with Gasteiger partial charge in [-0.25, -0.2) is 0 Å². The van der Waals surface area contributed by atoms with Crippen LogP contribution in [0.5, 0.6) is 11.5 Å². The van der Waals surface area contributed by atoms with Crippen molar-refractivity contribution >= 4 is 50.8 Å². The lowest BCUT2D eigenvalue weighted by Crippen LogP contribution is -2.39. The topological polar surface area (TPSA) is 84.9 Å². The molecule has 1 aromatic carbocycles. The number of thioether (sulfide) groups is 1. The summed E-state index contributed by atoms with van der Waals surface area (Å²) in [6.07, 6.45) is 2.34. The summed E-state index contributed by atoms with van der Waals surface area (Å²) in [7, 11) is 3.04. The fourth-order valence-electron chi connectivity index (χ4n) is 2.24. The van der Waals surface area contributed by atoms with E-state index in [1.165, 1.54) is 14.2 Å². The molecule has 1 fully saturated rings. The molecule has 9 heteroatoms. The summed E-state index contributed by atoms with van der Waals surface area (Å²) < 4.78 is 11.2. The van der Waals surface area contributed by atoms with Gasteiger partial charge in [-0.15, -0.1) is 0 Å². The minimum absolute atomic E-state index is 0.230. The molecule has 0 atom stereocenters. The summed E-state index contributed by atoms with van der Waals surface area (Å²) in [5.41, 5.74) is 0.612. The number of ether oxygens (including phenoxy) is 2. The van der Waals surface area contributed by atoms with Crippen LogP contribution in [0, 0.1) is 0 Å². The molecule has 1 heterocycles. The third-order valence-corrected chi connectivity index (χ3v) is 5.07. The number of hydrogen-bond acceptors (Lipinski definition) is 6. The molecule has 1 aromatic rings. The normalized spacial score (nSPS) is 15.5. The first-order valence-electron chi connectivity index (χ1n) is 7.84. The molecule has 1 aliphatic rings. The van der Waals surface area contributed by atoms with Crippen molar-refractivity contribution in [2.75, 3.05) is 27.3 Å². The van der Waals surface area contributed by atoms with E-state index in [2.05, 4.69) is 21.2 Å². The van der Waals surface area contributed by atoms with Gasteiger partial charge in [0.25, 0.3) is 11.1 Å². The Bertz CT molecular complexity index is 766. The smallest absolute Gasteiger partial charge is 0.294 e. The monoisotopic (exact) mass is 442 g/mol. The number of amides is 3. The Kier molecular flexibility index (Phi) is 7.10. The highest BCUT2D eigenvalue weighted by Gasteiger charge is 2.36. The fraction of sp³-hybridized carbons (Fsp3) is 0.353. The van der Waals surface area contributed by atoms with Crippen LogP contribution in [0.25, 0.3) is 6.08 Å². The molecular formula is C17H19BrN2O5S. The van der Waals surface area contributed by atoms with Crippen LogP contribution < -0.4 is 14.8 Å². The quantitative estimate of drug-likeness (QED) is 0.653. The van der Waals surface area contributed by atoms with Gasteiger partial charge in [-0.05, 0) is 46.3 Å². The summed E-state index contributed by atoms with van der Waals surface area (Å²) in [4.78, 5) is 37.6. The first-order valence-corrected chi connectivity index (χ1v) is 9.45. The Morgan fingerprint density at radius 1 is 1.27 bits per heavy atom. The van der Waals surface area contributed by atoms with Gasteiger partial charge in [0, 0.05) is 18.2 Å². The number of benzene rings is 1. The van der Waals surface area contributed by atoms with E-state index < -0.39 is 11.1 Å². The molecule has 0 unspecified atom stereocenters. The fourth-order valence-corrected chi connectivity index (χ4v) is 3.59. The number of imide groups is 1. The molecule has 0 aromatic heterocycles. The molecule has 0 bridgehead atoms. The Balaban J connectivity index is 2.24. The Morgan fingerprint density at radius 3 is 2.58 bits per heavy atom. The zero-order valence-electron chi connectivity index (χ0n) is 14.6. The lowest BCUT2D eigenvalue weighted by Gasteiger charge is -2.12. The van der Waals surface area contributed by atoms with Crippen molar-refractivity contribution in [3.8, 4) is 11.5 Å². The van der Waals surface area contributed by atoms with Crippen LogP contribution >= 0.6 is 27.7 Å². The van der Waals surface area contributed by atoms with Gasteiger partial charge < -0.3 is 14.8 Å². The molecule has 2 rings (SSSR count). The molecule has 3 amide bonds. The van der Waals surface area contributed by atoms with E-state index in [-0.39, 0.29) is 17.4 Å². The highest BCUT2D eigenvalue weighted by Crippen LogP contribution is 2.37. The van der Waals surface area contributed by atoms with Crippen molar-refractivity contribution in [3.05, 3.63) is 27.1 Å². The maximum absolute atomic E-state index is 12.5. The van der Waals surface area contributed by atoms with E-state index in [4.69, 9.17) is 9.47 Å². The first kappa shape index (κ1) is 20.3. The number of carbonyl (C=O) groups excluding carboxylic acids is 3. The predicted molar refractivity (Wildman–Crippen MR) is 103 cm³/mol. The van der Waals surface area contributed by atoms with Gasteiger partial charge in [0.15, 0.2) is 0 Å². The van der Waals surface area contributed by atoms with Gasteiger partial charge in [0.05, 0.1) is 23.6 Å². The largest absolute Gasteiger partial charge is 0.496 e. The molecular weight excluding hydrogens is 424 g/mol. The predicted octanol–water partition coefficient (Wildman–Crippen LogP) is 3.03. The van der Waals surface area contributed by atoms with Crippen molar-refractivity contribution in [3.63, 3.8) is 0 Å². The van der Waals surface area contributed by atoms with Crippen molar-refractivity contribution in [2.45, 2.75) is 13.3 Å². The van der Waals surface area contributed by atoms with Crippen LogP contribution in [-0.2, 0) is 9.59 Å². The Hall–Kier alpha value is -2.00. The molecule has 0 spiro atoms. The van der Waals surface area contributed by atoms with E-state index in [0.29, 0.717) is 28.1 Å². The number of halogens is 1. The summed E-state index contributed by atoms with van der Waals surface area (Å²) in [5.74, 6) is 0.220. The molecule has 26 heavy (non-hydrogen) atoms. The number of nitrogens with one attached hydrogen (secondary N) is 1. The molecule has 0 saturated carbocycles. The van der Waals surface area contributed by atoms with E-state index in [9.17, 15) is 14.4 Å². The van der Waals surface area contributed by atoms with E-state index in [0.717, 1.165) is 23.1 Å². The molecule has 1 aliphatic heterocycles. The zero-order valence-corrected chi connectivity index (χ0v) is 17.0. The molecule has 1 saturated heterocycles. The maximum Gasteiger partial charge on any atom is 0.294 e. The van der Waals surface area contributed by atoms with Gasteiger partial charge in [-0.2, -0.15) is 0 Å². The average Bonchev–Trinajstić information content (AvgIpc) is 2.87. The minimum atomic E-state index is -0.499. The molecule has 7 nitrogen and oxygen atoms in total. The maximum atomic E-state index is 12.5. The number of nitrogens with zero attached hydrogens (tertiary/aromatic N) is 1. The van der Waals surface area contributed by atoms with Gasteiger partial charge in [0.1, 0.15) is 18.0 Å². The van der Waals surface area contributed by atoms with Crippen LogP contribution in [0.15, 0.2) is 21.5 Å². The van der Waals surface area contributed by atoms with Gasteiger partial charge in [-0.1, -0.05) is 6.92 Å². The van der Waals surface area contributed by atoms with E-state index >= 15 is 0 Å². The van der Waals surface area contributed by atoms with Crippen molar-refractivity contribution in [1.29, 1.82) is 0 Å². The van der Waals surface area contributed by atoms with Crippen LogP contribution in [0.3, 0.4) is 0 Å². The highest BCUT2D eigenvalue weighted by molar-refractivity contribution is 9.10. The second kappa shape index (κ2) is 9.09. The van der Waals surface area contributed by atoms with E-state index in [1.54, 1.807) is 18.2 Å². The lowest BCUT2D eigenvalue weighted by atomic mass is 10.1. The molecule has 140 valence electrons. The second-order valence-electron chi connectivity index (χ2n) is 5.35. The minimum Gasteiger partial charge on any atom is -0.496 e. The van der Waals surface area contributed by atoms with Crippen LogP contribution in [-0.4, -0.2) is 49.3 Å². The molecule has 0 aliphatic carbocycles. The van der Waals surface area contributed by atoms with Gasteiger partial charge >= 0.3 is 0 Å². The van der Waals surface area contributed by atoms with Gasteiger partial charge in [0.2, 0.25) is 5.91 Å². The van der Waals surface area contributed by atoms with Crippen molar-refractivity contribution < 1.29 is 23.9 Å². The first-order chi connectivity index (χ1) is 12.4. The SMILES string of the molecule is CCCNC(=O)CN1C(=O)S/C(=C\c2cc(Br)c(OC)cc2OC)C1=O. The van der Waals surface area contributed by atoms with Crippen molar-refractivity contribution in [1.82, 2.24) is 10.2 Å². The third kappa shape index (κ3) is 4.59. The van der Waals surface area contributed by atoms with Crippen LogP contribution in [0.1, 0.15) is 18.9 Å². The van der Waals surface area contributed by atoms with Crippen LogP contribution in [0.4, 0.5) is 4.79 Å². The third-order valence-electron chi connectivity index (χ3n) is 3.54. The lowest BCUT2D eigenvalue weighted by molar-refractivity contribution is -0.129. The highest BCUT2D eigenvalue weighted by atomic mass is 79.9. The zero-order chi connectivity index (χ0) is 19.3. The van der Waals surface area contributed by atoms with Crippen molar-refractivity contribution in [2.24, 2.45) is 0 Å². The van der Waals surface area contributed by atoms with Crippen LogP contribution in [0.2, 0.25) is 0 Å². The van der Waals surface area contributed by atoms with E-state index in [1.807, 2.05) is 6.92 Å². The summed E-state index contributed by atoms with van der Waals surface area (Å²) in [6.45, 7) is 2.14. The number of carbonyl (C=O) groups is 3. The number of rotatable bonds is 7. The average molecular weight is 443 g/mol. The second-order valence-corrected chi connectivity index (χ2v) is 7.19. The number of hydrogen-bond donors (Lipinski definition) is 1. The summed E-state index contributed by atoms with van der Waals surface area (Å²) in [6, 6.07) is 3.41.